The van der Waals surface area contributed by atoms with Crippen LogP contribution < -0.4 is 11.0 Å². The predicted octanol–water partition coefficient (Wildman–Crippen LogP) is 2.63. The zero-order chi connectivity index (χ0) is 17.9. The number of hydrogen-bond donors (Lipinski definition) is 2. The van der Waals surface area contributed by atoms with Crippen LogP contribution in [0.25, 0.3) is 0 Å². The van der Waals surface area contributed by atoms with E-state index in [9.17, 15) is 14.4 Å². The van der Waals surface area contributed by atoms with E-state index in [-0.39, 0.29) is 22.5 Å². The number of anilines is 1. The van der Waals surface area contributed by atoms with E-state index in [0.717, 1.165) is 28.6 Å². The van der Waals surface area contributed by atoms with Gasteiger partial charge in [0.25, 0.3) is 0 Å². The fourth-order valence-corrected chi connectivity index (χ4v) is 3.20. The Balaban J connectivity index is 2.13. The van der Waals surface area contributed by atoms with Gasteiger partial charge in [-0.15, -0.1) is 0 Å². The fraction of sp³-hybridized carbons (Fsp3) is 0.294. The maximum atomic E-state index is 12.2. The summed E-state index contributed by atoms with van der Waals surface area (Å²) in [6.07, 6.45) is 0. The summed E-state index contributed by atoms with van der Waals surface area (Å²) in [5, 5.41) is 3.12. The summed E-state index contributed by atoms with van der Waals surface area (Å²) in [5.41, 5.74) is 3.04. The Morgan fingerprint density at radius 3 is 2.62 bits per heavy atom. The lowest BCUT2D eigenvalue weighted by atomic mass is 10.1. The molecule has 7 heteroatoms. The van der Waals surface area contributed by atoms with Crippen LogP contribution in [0.5, 0.6) is 0 Å². The largest absolute Gasteiger partial charge is 0.346 e. The zero-order valence-corrected chi connectivity index (χ0v) is 14.8. The van der Waals surface area contributed by atoms with Gasteiger partial charge < -0.3 is 10.3 Å². The average Bonchev–Trinajstić information content (AvgIpc) is 2.47. The molecule has 0 aliphatic rings. The number of carbonyl (C=O) groups excluding carboxylic acids is 2. The van der Waals surface area contributed by atoms with Crippen LogP contribution in [0.4, 0.5) is 5.69 Å². The third-order valence-corrected chi connectivity index (χ3v) is 4.42. The lowest BCUT2D eigenvalue weighted by Gasteiger charge is -2.10. The molecule has 0 unspecified atom stereocenters. The number of nitrogens with zero attached hydrogens (tertiary/aromatic N) is 1. The van der Waals surface area contributed by atoms with E-state index in [2.05, 4.69) is 15.3 Å². The second kappa shape index (κ2) is 7.44. The highest BCUT2D eigenvalue weighted by Crippen LogP contribution is 2.22. The standard InChI is InChI=1S/C17H19N3O3S/c1-9-5-6-10(2)13(7-9)19-14(22)8-24-16-15(12(4)21)11(3)18-17(23)20-16/h5-7H,8H2,1-4H3,(H,19,22)(H,18,20,23). The first-order valence-corrected chi connectivity index (χ1v) is 8.38. The number of hydrogen-bond acceptors (Lipinski definition) is 5. The van der Waals surface area contributed by atoms with Crippen molar-refractivity contribution in [3.63, 3.8) is 0 Å². The number of benzene rings is 1. The Morgan fingerprint density at radius 1 is 1.25 bits per heavy atom. The summed E-state index contributed by atoms with van der Waals surface area (Å²) in [6, 6.07) is 5.81. The van der Waals surface area contributed by atoms with Crippen molar-refractivity contribution in [2.75, 3.05) is 11.1 Å². The van der Waals surface area contributed by atoms with E-state index in [0.29, 0.717) is 11.3 Å². The Kier molecular flexibility index (Phi) is 5.56. The molecular weight excluding hydrogens is 326 g/mol. The number of thioether (sulfide) groups is 1. The summed E-state index contributed by atoms with van der Waals surface area (Å²) < 4.78 is 0. The number of ketones is 1. The van der Waals surface area contributed by atoms with Gasteiger partial charge in [0.15, 0.2) is 5.78 Å². The third kappa shape index (κ3) is 4.32. The minimum atomic E-state index is -0.532. The van der Waals surface area contributed by atoms with Gasteiger partial charge in [-0.2, -0.15) is 4.98 Å². The first kappa shape index (κ1) is 17.9. The molecule has 0 radical (unpaired) electrons. The molecule has 0 saturated heterocycles. The molecule has 1 aromatic carbocycles. The molecule has 1 heterocycles. The molecule has 0 spiro atoms. The second-order valence-electron chi connectivity index (χ2n) is 5.56. The lowest BCUT2D eigenvalue weighted by molar-refractivity contribution is -0.113. The molecule has 0 saturated carbocycles. The number of aryl methyl sites for hydroxylation is 3. The molecule has 2 N–H and O–H groups in total. The molecule has 1 amide bonds. The van der Waals surface area contributed by atoms with E-state index in [1.54, 1.807) is 6.92 Å². The molecule has 6 nitrogen and oxygen atoms in total. The van der Waals surface area contributed by atoms with Crippen LogP contribution in [0, 0.1) is 20.8 Å². The summed E-state index contributed by atoms with van der Waals surface area (Å²) >= 11 is 1.08. The number of amides is 1. The van der Waals surface area contributed by atoms with Crippen LogP contribution >= 0.6 is 11.8 Å². The Hall–Kier alpha value is -2.41. The molecule has 24 heavy (non-hydrogen) atoms. The van der Waals surface area contributed by atoms with Crippen molar-refractivity contribution < 1.29 is 9.59 Å². The fourth-order valence-electron chi connectivity index (χ4n) is 2.27. The highest BCUT2D eigenvalue weighted by atomic mass is 32.2. The van der Waals surface area contributed by atoms with E-state index in [1.165, 1.54) is 6.92 Å². The molecular formula is C17H19N3O3S. The van der Waals surface area contributed by atoms with Crippen molar-refractivity contribution in [3.05, 3.63) is 51.1 Å². The molecule has 0 aliphatic carbocycles. The highest BCUT2D eigenvalue weighted by Gasteiger charge is 2.16. The van der Waals surface area contributed by atoms with Crippen LogP contribution in [0.15, 0.2) is 28.0 Å². The van der Waals surface area contributed by atoms with Crippen molar-refractivity contribution in [1.82, 2.24) is 9.97 Å². The summed E-state index contributed by atoms with van der Waals surface area (Å²) in [4.78, 5) is 41.7. The van der Waals surface area contributed by atoms with Crippen molar-refractivity contribution in [3.8, 4) is 0 Å². The van der Waals surface area contributed by atoms with Crippen molar-refractivity contribution in [2.45, 2.75) is 32.7 Å². The molecule has 126 valence electrons. The Labute approximate surface area is 144 Å². The zero-order valence-electron chi connectivity index (χ0n) is 14.0. The molecule has 2 aromatic rings. The molecule has 0 aliphatic heterocycles. The van der Waals surface area contributed by atoms with Crippen LogP contribution in [0.1, 0.15) is 34.1 Å². The molecule has 0 atom stereocenters. The normalized spacial score (nSPS) is 10.5. The summed E-state index contributed by atoms with van der Waals surface area (Å²) in [6.45, 7) is 6.91. The van der Waals surface area contributed by atoms with Crippen LogP contribution in [-0.4, -0.2) is 27.4 Å². The van der Waals surface area contributed by atoms with Gasteiger partial charge in [0.2, 0.25) is 5.91 Å². The van der Waals surface area contributed by atoms with E-state index in [4.69, 9.17) is 0 Å². The van der Waals surface area contributed by atoms with Gasteiger partial charge in [0.1, 0.15) is 5.03 Å². The molecule has 0 bridgehead atoms. The van der Waals surface area contributed by atoms with E-state index >= 15 is 0 Å². The predicted molar refractivity (Wildman–Crippen MR) is 94.9 cm³/mol. The maximum absolute atomic E-state index is 12.2. The second-order valence-corrected chi connectivity index (χ2v) is 6.52. The van der Waals surface area contributed by atoms with Gasteiger partial charge in [0.05, 0.1) is 11.3 Å². The van der Waals surface area contributed by atoms with Crippen molar-refractivity contribution in [2.24, 2.45) is 0 Å². The van der Waals surface area contributed by atoms with Crippen LogP contribution in [-0.2, 0) is 4.79 Å². The van der Waals surface area contributed by atoms with Crippen LogP contribution in [0.3, 0.4) is 0 Å². The quantitative estimate of drug-likeness (QED) is 0.494. The van der Waals surface area contributed by atoms with Crippen molar-refractivity contribution in [1.29, 1.82) is 0 Å². The van der Waals surface area contributed by atoms with Gasteiger partial charge in [0, 0.05) is 11.4 Å². The lowest BCUT2D eigenvalue weighted by Crippen LogP contribution is -2.19. The van der Waals surface area contributed by atoms with E-state index in [1.807, 2.05) is 32.0 Å². The number of Topliss-reactive ketones (excluding diaryl/α,β-unsaturated/α-hetero) is 1. The number of aromatic nitrogens is 2. The summed E-state index contributed by atoms with van der Waals surface area (Å²) in [5.74, 6) is -0.361. The number of H-pyrrole nitrogens is 1. The Bertz CT molecular complexity index is 859. The monoisotopic (exact) mass is 345 g/mol. The number of aromatic amines is 1. The van der Waals surface area contributed by atoms with Gasteiger partial charge >= 0.3 is 5.69 Å². The SMILES string of the molecule is CC(=O)c1c(SCC(=O)Nc2cc(C)ccc2C)nc(=O)[nH]c1C. The maximum Gasteiger partial charge on any atom is 0.346 e. The average molecular weight is 345 g/mol. The summed E-state index contributed by atoms with van der Waals surface area (Å²) in [7, 11) is 0. The van der Waals surface area contributed by atoms with E-state index < -0.39 is 5.69 Å². The highest BCUT2D eigenvalue weighted by molar-refractivity contribution is 8.00. The van der Waals surface area contributed by atoms with Gasteiger partial charge in [-0.1, -0.05) is 23.9 Å². The minimum Gasteiger partial charge on any atom is -0.325 e. The van der Waals surface area contributed by atoms with Gasteiger partial charge in [-0.25, -0.2) is 4.79 Å². The number of carbonyl (C=O) groups is 2. The topological polar surface area (TPSA) is 91.9 Å². The van der Waals surface area contributed by atoms with Crippen molar-refractivity contribution >= 4 is 29.1 Å². The number of rotatable bonds is 5. The van der Waals surface area contributed by atoms with Gasteiger partial charge in [-0.05, 0) is 44.9 Å². The Morgan fingerprint density at radius 2 is 1.96 bits per heavy atom. The molecule has 1 aromatic heterocycles. The smallest absolute Gasteiger partial charge is 0.325 e. The first-order valence-electron chi connectivity index (χ1n) is 7.39. The van der Waals surface area contributed by atoms with Crippen LogP contribution in [0.2, 0.25) is 0 Å². The third-order valence-electron chi connectivity index (χ3n) is 3.45. The number of nitrogens with one attached hydrogen (secondary N) is 2. The van der Waals surface area contributed by atoms with Gasteiger partial charge in [-0.3, -0.25) is 9.59 Å². The first-order chi connectivity index (χ1) is 11.3. The minimum absolute atomic E-state index is 0.0591. The molecule has 2 rings (SSSR count). The molecule has 0 fully saturated rings.